The van der Waals surface area contributed by atoms with Gasteiger partial charge in [-0.3, -0.25) is 0 Å². The lowest BCUT2D eigenvalue weighted by Crippen LogP contribution is -2.11. The van der Waals surface area contributed by atoms with Crippen LogP contribution in [0, 0.1) is 0 Å². The van der Waals surface area contributed by atoms with Gasteiger partial charge < -0.3 is 0 Å². The Morgan fingerprint density at radius 2 is 1.91 bits per heavy atom. The van der Waals surface area contributed by atoms with Crippen molar-refractivity contribution in [3.05, 3.63) is 24.1 Å². The molecule has 0 N–H and O–H groups in total. The highest BCUT2D eigenvalue weighted by Gasteiger charge is 2.35. The van der Waals surface area contributed by atoms with Crippen molar-refractivity contribution in [2.45, 2.75) is 19.5 Å². The van der Waals surface area contributed by atoms with Crippen LogP contribution >= 0.6 is 0 Å². The fraction of sp³-hybridized carbons (Fsp3) is 0.429. The SMILES string of the molecule is C=C(F)/C(=C\CC)C(F)(F)F. The molecule has 0 aromatic heterocycles. The molecule has 0 radical (unpaired) electrons. The zero-order valence-corrected chi connectivity index (χ0v) is 6.00. The molecule has 4 heteroatoms. The van der Waals surface area contributed by atoms with Crippen LogP contribution in [0.5, 0.6) is 0 Å². The Morgan fingerprint density at radius 1 is 1.45 bits per heavy atom. The van der Waals surface area contributed by atoms with Crippen LogP contribution in [0.15, 0.2) is 24.1 Å². The first-order valence-corrected chi connectivity index (χ1v) is 3.01. The third kappa shape index (κ3) is 3.20. The fourth-order valence-electron chi connectivity index (χ4n) is 0.584. The van der Waals surface area contributed by atoms with Crippen LogP contribution in [0.3, 0.4) is 0 Å². The fourth-order valence-corrected chi connectivity index (χ4v) is 0.584. The maximum atomic E-state index is 12.1. The first kappa shape index (κ1) is 10.2. The molecule has 0 nitrogen and oxygen atoms in total. The van der Waals surface area contributed by atoms with Gasteiger partial charge in [-0.25, -0.2) is 4.39 Å². The number of rotatable bonds is 2. The number of alkyl halides is 3. The number of allylic oxidation sites excluding steroid dienone is 3. The summed E-state index contributed by atoms with van der Waals surface area (Å²) in [6.45, 7) is 4.08. The van der Waals surface area contributed by atoms with E-state index >= 15 is 0 Å². The molecule has 0 spiro atoms. The van der Waals surface area contributed by atoms with Crippen LogP contribution in [0.1, 0.15) is 13.3 Å². The van der Waals surface area contributed by atoms with E-state index in [1.807, 2.05) is 0 Å². The van der Waals surface area contributed by atoms with Crippen molar-refractivity contribution in [3.63, 3.8) is 0 Å². The minimum absolute atomic E-state index is 0.137. The van der Waals surface area contributed by atoms with E-state index in [1.54, 1.807) is 0 Å². The molecule has 0 aromatic carbocycles. The van der Waals surface area contributed by atoms with Crippen LogP contribution in [-0.2, 0) is 0 Å². The molecule has 0 amide bonds. The molecule has 0 aromatic rings. The summed E-state index contributed by atoms with van der Waals surface area (Å²) in [7, 11) is 0. The molecule has 0 aliphatic carbocycles. The molecule has 0 unspecified atom stereocenters. The number of hydrogen-bond donors (Lipinski definition) is 0. The van der Waals surface area contributed by atoms with Gasteiger partial charge in [-0.1, -0.05) is 19.6 Å². The van der Waals surface area contributed by atoms with E-state index in [4.69, 9.17) is 0 Å². The molecular formula is C7H8F4. The van der Waals surface area contributed by atoms with Gasteiger partial charge in [0, 0.05) is 0 Å². The van der Waals surface area contributed by atoms with Crippen molar-refractivity contribution in [2.24, 2.45) is 0 Å². The Bertz CT molecular complexity index is 175. The maximum absolute atomic E-state index is 12.1. The van der Waals surface area contributed by atoms with Crippen LogP contribution in [0.2, 0.25) is 0 Å². The Labute approximate surface area is 62.2 Å². The summed E-state index contributed by atoms with van der Waals surface area (Å²) in [6, 6.07) is 0. The first-order chi connectivity index (χ1) is 4.89. The summed E-state index contributed by atoms with van der Waals surface area (Å²) < 4.78 is 47.4. The van der Waals surface area contributed by atoms with Gasteiger partial charge in [0.2, 0.25) is 0 Å². The third-order valence-corrected chi connectivity index (χ3v) is 1.01. The summed E-state index contributed by atoms with van der Waals surface area (Å²) >= 11 is 0. The van der Waals surface area contributed by atoms with Crippen LogP contribution < -0.4 is 0 Å². The summed E-state index contributed by atoms with van der Waals surface area (Å²) in [5.74, 6) is -1.43. The van der Waals surface area contributed by atoms with E-state index in [9.17, 15) is 17.6 Å². The van der Waals surface area contributed by atoms with E-state index in [-0.39, 0.29) is 6.42 Å². The lowest BCUT2D eigenvalue weighted by atomic mass is 10.2. The molecule has 0 bridgehead atoms. The van der Waals surface area contributed by atoms with Gasteiger partial charge in [-0.15, -0.1) is 0 Å². The predicted molar refractivity (Wildman–Crippen MR) is 34.7 cm³/mol. The highest BCUT2D eigenvalue weighted by atomic mass is 19.4. The second-order valence-corrected chi connectivity index (χ2v) is 1.93. The monoisotopic (exact) mass is 168 g/mol. The van der Waals surface area contributed by atoms with Crippen molar-refractivity contribution in [2.75, 3.05) is 0 Å². The van der Waals surface area contributed by atoms with Crippen molar-refractivity contribution in [3.8, 4) is 0 Å². The lowest BCUT2D eigenvalue weighted by Gasteiger charge is -2.07. The molecule has 0 saturated carbocycles. The Morgan fingerprint density at radius 3 is 2.00 bits per heavy atom. The molecule has 0 atom stereocenters. The van der Waals surface area contributed by atoms with Crippen LogP contribution in [-0.4, -0.2) is 6.18 Å². The van der Waals surface area contributed by atoms with Crippen LogP contribution in [0.25, 0.3) is 0 Å². The first-order valence-electron chi connectivity index (χ1n) is 3.01. The minimum atomic E-state index is -4.62. The van der Waals surface area contributed by atoms with Crippen LogP contribution in [0.4, 0.5) is 17.6 Å². The molecule has 11 heavy (non-hydrogen) atoms. The molecule has 0 saturated heterocycles. The van der Waals surface area contributed by atoms with Gasteiger partial charge in [-0.05, 0) is 6.42 Å². The summed E-state index contributed by atoms with van der Waals surface area (Å²) in [5, 5.41) is 0. The standard InChI is InChI=1S/C7H8F4/c1-3-4-6(5(2)8)7(9,10)11/h4H,2-3H2,1H3/b6-4+. The van der Waals surface area contributed by atoms with Gasteiger partial charge in [-0.2, -0.15) is 13.2 Å². The van der Waals surface area contributed by atoms with E-state index in [0.717, 1.165) is 6.08 Å². The highest BCUT2D eigenvalue weighted by molar-refractivity contribution is 5.26. The van der Waals surface area contributed by atoms with Crippen molar-refractivity contribution in [1.29, 1.82) is 0 Å². The summed E-state index contributed by atoms with van der Waals surface area (Å²) in [6.07, 6.45) is -3.72. The second-order valence-electron chi connectivity index (χ2n) is 1.93. The van der Waals surface area contributed by atoms with Gasteiger partial charge in [0.05, 0.1) is 5.57 Å². The largest absolute Gasteiger partial charge is 0.418 e. The highest BCUT2D eigenvalue weighted by Crippen LogP contribution is 2.31. The molecule has 64 valence electrons. The third-order valence-electron chi connectivity index (χ3n) is 1.01. The Balaban J connectivity index is 4.63. The van der Waals surface area contributed by atoms with Crippen molar-refractivity contribution in [1.82, 2.24) is 0 Å². The molecular weight excluding hydrogens is 160 g/mol. The predicted octanol–water partition coefficient (Wildman–Crippen LogP) is 3.37. The smallest absolute Gasteiger partial charge is 0.207 e. The quantitative estimate of drug-likeness (QED) is 0.438. The van der Waals surface area contributed by atoms with Crippen molar-refractivity contribution < 1.29 is 17.6 Å². The number of halogens is 4. The van der Waals surface area contributed by atoms with E-state index in [1.165, 1.54) is 6.92 Å². The molecule has 0 aliphatic rings. The molecule has 0 rings (SSSR count). The summed E-state index contributed by atoms with van der Waals surface area (Å²) in [4.78, 5) is 0. The van der Waals surface area contributed by atoms with Gasteiger partial charge in [0.25, 0.3) is 0 Å². The van der Waals surface area contributed by atoms with E-state index in [2.05, 4.69) is 6.58 Å². The second kappa shape index (κ2) is 3.55. The molecule has 0 aliphatic heterocycles. The Hall–Kier alpha value is -0.800. The molecule has 0 heterocycles. The van der Waals surface area contributed by atoms with Gasteiger partial charge in [0.1, 0.15) is 5.83 Å². The van der Waals surface area contributed by atoms with E-state index < -0.39 is 17.6 Å². The molecule has 0 fully saturated rings. The van der Waals surface area contributed by atoms with E-state index in [0.29, 0.717) is 0 Å². The normalized spacial score (nSPS) is 13.4. The van der Waals surface area contributed by atoms with Crippen molar-refractivity contribution >= 4 is 0 Å². The average Bonchev–Trinajstić information content (AvgIpc) is 1.79. The zero-order valence-electron chi connectivity index (χ0n) is 6.00. The maximum Gasteiger partial charge on any atom is 0.418 e. The summed E-state index contributed by atoms with van der Waals surface area (Å²) in [5.41, 5.74) is -1.28. The topological polar surface area (TPSA) is 0 Å². The zero-order chi connectivity index (χ0) is 9.07. The average molecular weight is 168 g/mol. The Kier molecular flexibility index (Phi) is 3.29. The van der Waals surface area contributed by atoms with Gasteiger partial charge >= 0.3 is 6.18 Å². The lowest BCUT2D eigenvalue weighted by molar-refractivity contribution is -0.0912. The minimum Gasteiger partial charge on any atom is -0.207 e. The number of hydrogen-bond acceptors (Lipinski definition) is 0. The van der Waals surface area contributed by atoms with Gasteiger partial charge in [0.15, 0.2) is 0 Å².